The van der Waals surface area contributed by atoms with Crippen molar-refractivity contribution in [2.75, 3.05) is 5.32 Å². The van der Waals surface area contributed by atoms with Crippen LogP contribution in [0.3, 0.4) is 0 Å². The number of carbonyl (C=O) groups excluding carboxylic acids is 1. The van der Waals surface area contributed by atoms with Crippen molar-refractivity contribution >= 4 is 27.5 Å². The van der Waals surface area contributed by atoms with Crippen LogP contribution in [0.5, 0.6) is 0 Å². The van der Waals surface area contributed by atoms with Gasteiger partial charge in [-0.2, -0.15) is 0 Å². The molecule has 0 aromatic heterocycles. The van der Waals surface area contributed by atoms with Gasteiger partial charge in [-0.15, -0.1) is 0 Å². The van der Waals surface area contributed by atoms with Crippen molar-refractivity contribution in [3.05, 3.63) is 28.2 Å². The van der Waals surface area contributed by atoms with Crippen LogP contribution < -0.4 is 11.1 Å². The van der Waals surface area contributed by atoms with Gasteiger partial charge in [0.05, 0.1) is 5.54 Å². The summed E-state index contributed by atoms with van der Waals surface area (Å²) in [5.41, 5.74) is 7.12. The molecule has 0 atom stereocenters. The number of halogens is 1. The summed E-state index contributed by atoms with van der Waals surface area (Å²) in [6.45, 7) is 5.83. The van der Waals surface area contributed by atoms with Gasteiger partial charge in [0.1, 0.15) is 0 Å². The molecule has 3 nitrogen and oxygen atoms in total. The Labute approximate surface area is 111 Å². The largest absolute Gasteiger partial charge is 0.324 e. The van der Waals surface area contributed by atoms with Crippen LogP contribution in [0.2, 0.25) is 0 Å². The van der Waals surface area contributed by atoms with E-state index in [1.165, 1.54) is 0 Å². The lowest BCUT2D eigenvalue weighted by atomic mass is 9.93. The van der Waals surface area contributed by atoms with E-state index in [9.17, 15) is 4.79 Å². The Morgan fingerprint density at radius 3 is 2.47 bits per heavy atom. The molecule has 0 bridgehead atoms. The molecule has 94 valence electrons. The van der Waals surface area contributed by atoms with E-state index < -0.39 is 5.54 Å². The van der Waals surface area contributed by atoms with E-state index in [-0.39, 0.29) is 5.91 Å². The SMILES string of the molecule is CCC(N)(CC)C(=O)Nc1ccc(Br)c(C)c1. The molecule has 1 rings (SSSR count). The number of rotatable bonds is 4. The summed E-state index contributed by atoms with van der Waals surface area (Å²) < 4.78 is 1.03. The zero-order valence-electron chi connectivity index (χ0n) is 10.5. The molecule has 3 N–H and O–H groups in total. The van der Waals surface area contributed by atoms with Crippen molar-refractivity contribution < 1.29 is 4.79 Å². The third kappa shape index (κ3) is 3.30. The van der Waals surface area contributed by atoms with Gasteiger partial charge in [0.2, 0.25) is 5.91 Å². The maximum absolute atomic E-state index is 12.0. The van der Waals surface area contributed by atoms with E-state index >= 15 is 0 Å². The van der Waals surface area contributed by atoms with E-state index in [0.29, 0.717) is 12.8 Å². The highest BCUT2D eigenvalue weighted by Gasteiger charge is 2.29. The fraction of sp³-hybridized carbons (Fsp3) is 0.462. The smallest absolute Gasteiger partial charge is 0.244 e. The molecule has 0 aliphatic heterocycles. The monoisotopic (exact) mass is 298 g/mol. The summed E-state index contributed by atoms with van der Waals surface area (Å²) in [6.07, 6.45) is 1.26. The first-order valence-electron chi connectivity index (χ1n) is 5.79. The third-order valence-electron chi connectivity index (χ3n) is 3.13. The van der Waals surface area contributed by atoms with E-state index in [2.05, 4.69) is 21.2 Å². The lowest BCUT2D eigenvalue weighted by Crippen LogP contribution is -2.50. The molecular weight excluding hydrogens is 280 g/mol. The van der Waals surface area contributed by atoms with Gasteiger partial charge in [0, 0.05) is 10.2 Å². The normalized spacial score (nSPS) is 11.4. The lowest BCUT2D eigenvalue weighted by Gasteiger charge is -2.25. The molecule has 0 spiro atoms. The van der Waals surface area contributed by atoms with Crippen LogP contribution in [0.15, 0.2) is 22.7 Å². The number of nitrogens with one attached hydrogen (secondary N) is 1. The molecule has 0 aliphatic rings. The molecule has 4 heteroatoms. The van der Waals surface area contributed by atoms with Crippen molar-refractivity contribution in [2.45, 2.75) is 39.2 Å². The zero-order chi connectivity index (χ0) is 13.1. The summed E-state index contributed by atoms with van der Waals surface area (Å²) in [5, 5.41) is 2.87. The van der Waals surface area contributed by atoms with Crippen LogP contribution in [0, 0.1) is 6.92 Å². The first-order valence-corrected chi connectivity index (χ1v) is 6.58. The van der Waals surface area contributed by atoms with Gasteiger partial charge in [0.25, 0.3) is 0 Å². The molecular formula is C13H19BrN2O. The Morgan fingerprint density at radius 1 is 1.41 bits per heavy atom. The second kappa shape index (κ2) is 5.65. The molecule has 0 saturated carbocycles. The minimum Gasteiger partial charge on any atom is -0.324 e. The number of amides is 1. The lowest BCUT2D eigenvalue weighted by molar-refractivity contribution is -0.121. The summed E-state index contributed by atoms with van der Waals surface area (Å²) in [6, 6.07) is 5.70. The van der Waals surface area contributed by atoms with Gasteiger partial charge >= 0.3 is 0 Å². The highest BCUT2D eigenvalue weighted by molar-refractivity contribution is 9.10. The van der Waals surface area contributed by atoms with Gasteiger partial charge in [-0.3, -0.25) is 4.79 Å². The average Bonchev–Trinajstić information content (AvgIpc) is 2.32. The third-order valence-corrected chi connectivity index (χ3v) is 4.02. The van der Waals surface area contributed by atoms with Gasteiger partial charge in [-0.05, 0) is 43.5 Å². The van der Waals surface area contributed by atoms with Crippen molar-refractivity contribution in [2.24, 2.45) is 5.73 Å². The number of hydrogen-bond acceptors (Lipinski definition) is 2. The second-order valence-electron chi connectivity index (χ2n) is 4.28. The number of nitrogens with two attached hydrogens (primary N) is 1. The molecule has 0 aliphatic carbocycles. The number of anilines is 1. The molecule has 1 aromatic rings. The Bertz CT molecular complexity index is 414. The summed E-state index contributed by atoms with van der Waals surface area (Å²) in [5.74, 6) is -0.121. The van der Waals surface area contributed by atoms with E-state index in [1.807, 2.05) is 39.0 Å². The van der Waals surface area contributed by atoms with Crippen molar-refractivity contribution in [1.29, 1.82) is 0 Å². The second-order valence-corrected chi connectivity index (χ2v) is 5.14. The summed E-state index contributed by atoms with van der Waals surface area (Å²) in [7, 11) is 0. The quantitative estimate of drug-likeness (QED) is 0.897. The fourth-order valence-corrected chi connectivity index (χ4v) is 1.80. The van der Waals surface area contributed by atoms with Crippen LogP contribution >= 0.6 is 15.9 Å². The Hall–Kier alpha value is -0.870. The molecule has 1 aromatic carbocycles. The predicted molar refractivity (Wildman–Crippen MR) is 75.0 cm³/mol. The van der Waals surface area contributed by atoms with Gasteiger partial charge in [0.15, 0.2) is 0 Å². The highest BCUT2D eigenvalue weighted by atomic mass is 79.9. The van der Waals surface area contributed by atoms with Gasteiger partial charge < -0.3 is 11.1 Å². The molecule has 1 amide bonds. The van der Waals surface area contributed by atoms with Crippen molar-refractivity contribution in [1.82, 2.24) is 0 Å². The molecule has 0 heterocycles. The zero-order valence-corrected chi connectivity index (χ0v) is 12.1. The molecule has 0 saturated heterocycles. The molecule has 0 unspecified atom stereocenters. The van der Waals surface area contributed by atoms with Crippen LogP contribution in [0.1, 0.15) is 32.3 Å². The topological polar surface area (TPSA) is 55.1 Å². The highest BCUT2D eigenvalue weighted by Crippen LogP contribution is 2.21. The first-order chi connectivity index (χ1) is 7.92. The number of benzene rings is 1. The number of hydrogen-bond donors (Lipinski definition) is 2. The van der Waals surface area contributed by atoms with E-state index in [0.717, 1.165) is 15.7 Å². The predicted octanol–water partition coefficient (Wildman–Crippen LogP) is 3.21. The van der Waals surface area contributed by atoms with Gasteiger partial charge in [-0.1, -0.05) is 29.8 Å². The summed E-state index contributed by atoms with van der Waals surface area (Å²) in [4.78, 5) is 12.0. The summed E-state index contributed by atoms with van der Waals surface area (Å²) >= 11 is 3.43. The minimum absolute atomic E-state index is 0.121. The Morgan fingerprint density at radius 2 is 2.00 bits per heavy atom. The number of aryl methyl sites for hydroxylation is 1. The Kier molecular flexibility index (Phi) is 4.71. The maximum Gasteiger partial charge on any atom is 0.244 e. The number of carbonyl (C=O) groups is 1. The minimum atomic E-state index is -0.777. The first kappa shape index (κ1) is 14.2. The van der Waals surface area contributed by atoms with E-state index in [4.69, 9.17) is 5.73 Å². The van der Waals surface area contributed by atoms with Crippen molar-refractivity contribution in [3.8, 4) is 0 Å². The average molecular weight is 299 g/mol. The molecule has 17 heavy (non-hydrogen) atoms. The Balaban J connectivity index is 2.84. The fourth-order valence-electron chi connectivity index (χ4n) is 1.55. The van der Waals surface area contributed by atoms with Crippen LogP contribution in [0.25, 0.3) is 0 Å². The molecule has 0 fully saturated rings. The van der Waals surface area contributed by atoms with E-state index in [1.54, 1.807) is 0 Å². The standard InChI is InChI=1S/C13H19BrN2O/c1-4-13(15,5-2)12(17)16-10-6-7-11(14)9(3)8-10/h6-8H,4-5,15H2,1-3H3,(H,16,17). The van der Waals surface area contributed by atoms with Crippen LogP contribution in [-0.4, -0.2) is 11.4 Å². The maximum atomic E-state index is 12.0. The molecule has 0 radical (unpaired) electrons. The van der Waals surface area contributed by atoms with Crippen molar-refractivity contribution in [3.63, 3.8) is 0 Å². The van der Waals surface area contributed by atoms with Crippen LogP contribution in [-0.2, 0) is 4.79 Å². The van der Waals surface area contributed by atoms with Gasteiger partial charge in [-0.25, -0.2) is 0 Å². The van der Waals surface area contributed by atoms with Crippen LogP contribution in [0.4, 0.5) is 5.69 Å².